The number of ether oxygens (including phenoxy) is 2. The van der Waals surface area contributed by atoms with Gasteiger partial charge in [0.2, 0.25) is 5.95 Å². The third kappa shape index (κ3) is 6.52. The molecule has 5 rings (SSSR count). The number of hydrogen-bond donors (Lipinski definition) is 3. The van der Waals surface area contributed by atoms with Crippen LogP contribution in [0.1, 0.15) is 34.1 Å². The van der Waals surface area contributed by atoms with E-state index in [1.807, 2.05) is 58.0 Å². The molecule has 12 nitrogen and oxygen atoms in total. The van der Waals surface area contributed by atoms with Crippen LogP contribution in [0.25, 0.3) is 22.4 Å². The van der Waals surface area contributed by atoms with E-state index >= 15 is 0 Å². The van der Waals surface area contributed by atoms with Gasteiger partial charge >= 0.3 is 0 Å². The number of aliphatic hydroxyl groups is 3. The average Bonchev–Trinajstić information content (AvgIpc) is 2.95. The van der Waals surface area contributed by atoms with Gasteiger partial charge in [-0.3, -0.25) is 0 Å². The molecule has 41 heavy (non-hydrogen) atoms. The minimum absolute atomic E-state index is 0.0152. The van der Waals surface area contributed by atoms with Crippen LogP contribution in [0.15, 0.2) is 30.3 Å². The van der Waals surface area contributed by atoms with Gasteiger partial charge in [-0.2, -0.15) is 9.97 Å². The number of nitrogens with zero attached hydrogens (tertiary/aromatic N) is 7. The van der Waals surface area contributed by atoms with Crippen LogP contribution in [0.2, 0.25) is 0 Å². The van der Waals surface area contributed by atoms with Gasteiger partial charge in [-0.15, -0.1) is 0 Å². The summed E-state index contributed by atoms with van der Waals surface area (Å²) in [7, 11) is 0. The fourth-order valence-electron chi connectivity index (χ4n) is 5.69. The first kappa shape index (κ1) is 29.3. The second-order valence-electron chi connectivity index (χ2n) is 11.0. The maximum Gasteiger partial charge on any atom is 0.229 e. The molecule has 0 saturated carbocycles. The lowest BCUT2D eigenvalue weighted by Crippen LogP contribution is -2.47. The van der Waals surface area contributed by atoms with Gasteiger partial charge in [0, 0.05) is 44.9 Å². The summed E-state index contributed by atoms with van der Waals surface area (Å²) in [4.78, 5) is 25.9. The molecular formula is C29H41N7O5. The third-order valence-corrected chi connectivity index (χ3v) is 7.30. The number of benzene rings is 1. The number of anilines is 3. The van der Waals surface area contributed by atoms with Gasteiger partial charge in [-0.05, 0) is 34.1 Å². The minimum Gasteiger partial charge on any atom is -0.396 e. The smallest absolute Gasteiger partial charge is 0.229 e. The summed E-state index contributed by atoms with van der Waals surface area (Å²) in [6.07, 6.45) is -0.897. The Morgan fingerprint density at radius 1 is 0.854 bits per heavy atom. The second kappa shape index (κ2) is 12.8. The largest absolute Gasteiger partial charge is 0.396 e. The molecule has 0 aliphatic carbocycles. The second-order valence-corrected chi connectivity index (χ2v) is 11.0. The van der Waals surface area contributed by atoms with Crippen LogP contribution in [0.5, 0.6) is 0 Å². The number of aliphatic hydroxyl groups excluding tert-OH is 3. The Balaban J connectivity index is 1.74. The number of morpholine rings is 2. The zero-order valence-electron chi connectivity index (χ0n) is 24.2. The maximum atomic E-state index is 10.9. The summed E-state index contributed by atoms with van der Waals surface area (Å²) in [5, 5.41) is 30.4. The Kier molecular flexibility index (Phi) is 9.15. The lowest BCUT2D eigenvalue weighted by Gasteiger charge is -2.37. The van der Waals surface area contributed by atoms with E-state index in [1.54, 1.807) is 4.90 Å². The van der Waals surface area contributed by atoms with Gasteiger partial charge in [-0.1, -0.05) is 30.3 Å². The molecule has 1 aromatic carbocycles. The molecule has 0 amide bonds. The molecule has 3 aromatic rings. The van der Waals surface area contributed by atoms with Crippen molar-refractivity contribution >= 4 is 28.7 Å². The number of fused-ring (bicyclic) bond motifs is 1. The highest BCUT2D eigenvalue weighted by molar-refractivity contribution is 5.89. The van der Waals surface area contributed by atoms with Crippen LogP contribution in [-0.2, 0) is 9.47 Å². The van der Waals surface area contributed by atoms with Crippen molar-refractivity contribution in [2.45, 2.75) is 64.8 Å². The highest BCUT2D eigenvalue weighted by Gasteiger charge is 2.31. The van der Waals surface area contributed by atoms with Crippen molar-refractivity contribution in [3.05, 3.63) is 30.3 Å². The topological polar surface area (TPSA) is 140 Å². The van der Waals surface area contributed by atoms with E-state index in [-0.39, 0.29) is 37.6 Å². The van der Waals surface area contributed by atoms with E-state index in [0.717, 1.165) is 5.56 Å². The first-order valence-electron chi connectivity index (χ1n) is 14.4. The first-order chi connectivity index (χ1) is 19.8. The quantitative estimate of drug-likeness (QED) is 0.325. The molecule has 2 aliphatic heterocycles. The molecule has 0 radical (unpaired) electrons. The average molecular weight is 568 g/mol. The molecule has 5 unspecified atom stereocenters. The molecule has 4 heterocycles. The van der Waals surface area contributed by atoms with Crippen LogP contribution in [-0.4, -0.2) is 112 Å². The first-order valence-corrected chi connectivity index (χ1v) is 14.4. The zero-order valence-corrected chi connectivity index (χ0v) is 24.2. The van der Waals surface area contributed by atoms with Crippen LogP contribution < -0.4 is 14.7 Å². The maximum absolute atomic E-state index is 10.9. The SMILES string of the molecule is CC1CN(c2nc(N(CCCO)C(O)CO)c3nc(-c4ccccc4)c(N4CC(C)OC(C)C4)nc3n2)CC(C)O1. The van der Waals surface area contributed by atoms with Crippen molar-refractivity contribution in [3.63, 3.8) is 0 Å². The predicted molar refractivity (Wildman–Crippen MR) is 157 cm³/mol. The van der Waals surface area contributed by atoms with Crippen molar-refractivity contribution < 1.29 is 24.8 Å². The molecular weight excluding hydrogens is 526 g/mol. The fraction of sp³-hybridized carbons (Fsp3) is 0.586. The standard InChI is InChI=1S/C29H41N7O5/c1-18-13-34(14-19(2)40-18)27-24(22-9-6-5-7-10-22)30-25-26(31-27)32-29(35-15-20(3)41-21(4)16-35)33-28(25)36(11-8-12-37)23(39)17-38/h5-7,9-10,18-21,23,37-39H,8,11-17H2,1-4H3. The molecule has 12 heteroatoms. The molecule has 2 aliphatic rings. The number of rotatable bonds is 9. The Morgan fingerprint density at radius 3 is 2.05 bits per heavy atom. The summed E-state index contributed by atoms with van der Waals surface area (Å²) >= 11 is 0. The molecule has 5 atom stereocenters. The summed E-state index contributed by atoms with van der Waals surface area (Å²) in [5.74, 6) is 1.51. The van der Waals surface area contributed by atoms with E-state index in [4.69, 9.17) is 29.4 Å². The molecule has 2 fully saturated rings. The Bertz CT molecular complexity index is 1300. The van der Waals surface area contributed by atoms with E-state index in [9.17, 15) is 15.3 Å². The molecule has 0 bridgehead atoms. The summed E-state index contributed by atoms with van der Waals surface area (Å²) in [6.45, 7) is 10.3. The summed E-state index contributed by atoms with van der Waals surface area (Å²) in [5.41, 5.74) is 2.35. The van der Waals surface area contributed by atoms with Gasteiger partial charge in [0.05, 0.1) is 31.0 Å². The Morgan fingerprint density at radius 2 is 1.46 bits per heavy atom. The van der Waals surface area contributed by atoms with Crippen molar-refractivity contribution in [2.24, 2.45) is 0 Å². The number of hydrogen-bond acceptors (Lipinski definition) is 12. The van der Waals surface area contributed by atoms with E-state index < -0.39 is 12.8 Å². The van der Waals surface area contributed by atoms with Crippen molar-refractivity contribution in [3.8, 4) is 11.3 Å². The van der Waals surface area contributed by atoms with E-state index in [1.165, 1.54) is 0 Å². The van der Waals surface area contributed by atoms with Crippen LogP contribution >= 0.6 is 0 Å². The van der Waals surface area contributed by atoms with Crippen molar-refractivity contribution in [1.82, 2.24) is 19.9 Å². The number of aromatic nitrogens is 4. The van der Waals surface area contributed by atoms with Gasteiger partial charge in [0.25, 0.3) is 0 Å². The lowest BCUT2D eigenvalue weighted by molar-refractivity contribution is -0.00581. The molecule has 222 valence electrons. The normalized spacial score (nSPS) is 24.1. The fourth-order valence-corrected chi connectivity index (χ4v) is 5.69. The van der Waals surface area contributed by atoms with Crippen molar-refractivity contribution in [2.75, 3.05) is 60.6 Å². The van der Waals surface area contributed by atoms with Crippen LogP contribution in [0.4, 0.5) is 17.6 Å². The van der Waals surface area contributed by atoms with E-state index in [2.05, 4.69) is 9.80 Å². The highest BCUT2D eigenvalue weighted by Crippen LogP contribution is 2.35. The van der Waals surface area contributed by atoms with Crippen LogP contribution in [0, 0.1) is 0 Å². The van der Waals surface area contributed by atoms with Gasteiger partial charge in [0.1, 0.15) is 5.69 Å². The summed E-state index contributed by atoms with van der Waals surface area (Å²) < 4.78 is 11.9. The Labute approximate surface area is 240 Å². The monoisotopic (exact) mass is 567 g/mol. The molecule has 3 N–H and O–H groups in total. The van der Waals surface area contributed by atoms with Gasteiger partial charge in [0.15, 0.2) is 29.0 Å². The van der Waals surface area contributed by atoms with Crippen molar-refractivity contribution in [1.29, 1.82) is 0 Å². The van der Waals surface area contributed by atoms with Gasteiger partial charge in [-0.25, -0.2) is 9.97 Å². The summed E-state index contributed by atoms with van der Waals surface area (Å²) in [6, 6.07) is 9.85. The molecule has 2 saturated heterocycles. The lowest BCUT2D eigenvalue weighted by atomic mass is 10.1. The van der Waals surface area contributed by atoms with Gasteiger partial charge < -0.3 is 39.5 Å². The van der Waals surface area contributed by atoms with E-state index in [0.29, 0.717) is 67.0 Å². The molecule has 2 aromatic heterocycles. The Hall–Kier alpha value is -3.16. The zero-order chi connectivity index (χ0) is 29.1. The minimum atomic E-state index is -1.25. The van der Waals surface area contributed by atoms with Crippen LogP contribution in [0.3, 0.4) is 0 Å². The highest BCUT2D eigenvalue weighted by atomic mass is 16.5. The predicted octanol–water partition coefficient (Wildman–Crippen LogP) is 1.81. The third-order valence-electron chi connectivity index (χ3n) is 7.30. The molecule has 0 spiro atoms.